The quantitative estimate of drug-likeness (QED) is 0.704. The second kappa shape index (κ2) is 4.88. The van der Waals surface area contributed by atoms with Gasteiger partial charge in [-0.1, -0.05) is 6.07 Å². The Bertz CT molecular complexity index is 790. The summed E-state index contributed by atoms with van der Waals surface area (Å²) in [5, 5.41) is 0. The maximum atomic E-state index is 13.3. The number of benzene rings is 2. The van der Waals surface area contributed by atoms with Crippen molar-refractivity contribution in [2.24, 2.45) is 0 Å². The summed E-state index contributed by atoms with van der Waals surface area (Å²) in [6.07, 6.45) is 2.48. The number of fused-ring (bicyclic) bond motifs is 1. The van der Waals surface area contributed by atoms with E-state index in [1.54, 1.807) is 12.1 Å². The predicted molar refractivity (Wildman–Crippen MR) is 80.9 cm³/mol. The fourth-order valence-corrected chi connectivity index (χ4v) is 2.83. The van der Waals surface area contributed by atoms with E-state index < -0.39 is 0 Å². The molecular weight excluding hydrogens is 267 g/mol. The van der Waals surface area contributed by atoms with Crippen LogP contribution in [0.2, 0.25) is 0 Å². The van der Waals surface area contributed by atoms with Crippen LogP contribution in [0.3, 0.4) is 0 Å². The van der Waals surface area contributed by atoms with Crippen LogP contribution >= 0.6 is 0 Å². The Hall–Kier alpha value is -2.36. The van der Waals surface area contributed by atoms with Crippen molar-refractivity contribution in [1.82, 2.24) is 4.98 Å². The minimum Gasteiger partial charge on any atom is -0.436 e. The topological polar surface area (TPSA) is 29.3 Å². The number of hydrogen-bond acceptors (Lipinski definition) is 3. The third-order valence-electron chi connectivity index (χ3n) is 3.91. The van der Waals surface area contributed by atoms with E-state index in [2.05, 4.69) is 16.0 Å². The lowest BCUT2D eigenvalue weighted by Gasteiger charge is -2.16. The maximum Gasteiger partial charge on any atom is 0.227 e. The number of hydrogen-bond donors (Lipinski definition) is 0. The van der Waals surface area contributed by atoms with Crippen molar-refractivity contribution in [2.75, 3.05) is 18.0 Å². The van der Waals surface area contributed by atoms with Crippen molar-refractivity contribution in [1.29, 1.82) is 0 Å². The van der Waals surface area contributed by atoms with Gasteiger partial charge in [-0.2, -0.15) is 0 Å². The smallest absolute Gasteiger partial charge is 0.227 e. The third-order valence-corrected chi connectivity index (χ3v) is 3.91. The Morgan fingerprint density at radius 1 is 1.05 bits per heavy atom. The van der Waals surface area contributed by atoms with E-state index >= 15 is 0 Å². The molecule has 1 aliphatic heterocycles. The molecule has 4 rings (SSSR count). The Labute approximate surface area is 122 Å². The highest BCUT2D eigenvalue weighted by atomic mass is 19.1. The normalized spacial score (nSPS) is 15.0. The number of rotatable bonds is 2. The van der Waals surface area contributed by atoms with Gasteiger partial charge in [0, 0.05) is 30.4 Å². The summed E-state index contributed by atoms with van der Waals surface area (Å²) >= 11 is 0. The van der Waals surface area contributed by atoms with Crippen molar-refractivity contribution in [3.8, 4) is 11.5 Å². The summed E-state index contributed by atoms with van der Waals surface area (Å²) in [4.78, 5) is 6.79. The molecule has 4 heteroatoms. The highest BCUT2D eigenvalue weighted by Crippen LogP contribution is 2.29. The fourth-order valence-electron chi connectivity index (χ4n) is 2.83. The van der Waals surface area contributed by atoms with E-state index in [1.165, 1.54) is 30.7 Å². The zero-order valence-corrected chi connectivity index (χ0v) is 11.6. The van der Waals surface area contributed by atoms with Gasteiger partial charge in [-0.05, 0) is 43.2 Å². The summed E-state index contributed by atoms with van der Waals surface area (Å²) in [6.45, 7) is 2.19. The van der Waals surface area contributed by atoms with E-state index in [-0.39, 0.29) is 5.82 Å². The minimum absolute atomic E-state index is 0.285. The molecule has 3 aromatic rings. The van der Waals surface area contributed by atoms with Crippen LogP contribution in [0.25, 0.3) is 22.6 Å². The third kappa shape index (κ3) is 2.27. The first-order chi connectivity index (χ1) is 10.3. The lowest BCUT2D eigenvalue weighted by molar-refractivity contribution is 0.611. The number of anilines is 1. The number of nitrogens with zero attached hydrogens (tertiary/aromatic N) is 2. The lowest BCUT2D eigenvalue weighted by Crippen LogP contribution is -2.17. The molecule has 2 aromatic carbocycles. The van der Waals surface area contributed by atoms with Gasteiger partial charge in [0.05, 0.1) is 0 Å². The molecule has 1 aromatic heterocycles. The van der Waals surface area contributed by atoms with Crippen molar-refractivity contribution in [2.45, 2.75) is 12.8 Å². The molecule has 0 radical (unpaired) electrons. The average Bonchev–Trinajstić information content (AvgIpc) is 3.16. The molecule has 1 fully saturated rings. The van der Waals surface area contributed by atoms with Crippen LogP contribution in [0, 0.1) is 5.82 Å². The molecular formula is C17H15FN2O. The average molecular weight is 282 g/mol. The molecule has 0 spiro atoms. The van der Waals surface area contributed by atoms with Crippen LogP contribution in [0.5, 0.6) is 0 Å². The Balaban J connectivity index is 1.75. The lowest BCUT2D eigenvalue weighted by atomic mass is 10.2. The molecule has 0 aliphatic carbocycles. The largest absolute Gasteiger partial charge is 0.436 e. The molecule has 0 unspecified atom stereocenters. The van der Waals surface area contributed by atoms with Gasteiger partial charge in [0.2, 0.25) is 5.89 Å². The predicted octanol–water partition coefficient (Wildman–Crippen LogP) is 4.23. The molecule has 0 bridgehead atoms. The van der Waals surface area contributed by atoms with Gasteiger partial charge in [-0.25, -0.2) is 9.37 Å². The standard InChI is InChI=1S/C17H15FN2O/c18-13-5-3-4-12(10-13)17-19-15-7-6-14(11-16(15)21-17)20-8-1-2-9-20/h3-7,10-11H,1-2,8-9H2. The van der Waals surface area contributed by atoms with E-state index in [4.69, 9.17) is 4.42 Å². The number of halogens is 1. The van der Waals surface area contributed by atoms with Gasteiger partial charge in [0.1, 0.15) is 11.3 Å². The minimum atomic E-state index is -0.285. The van der Waals surface area contributed by atoms with E-state index in [9.17, 15) is 4.39 Å². The molecule has 1 aliphatic rings. The highest BCUT2D eigenvalue weighted by molar-refractivity contribution is 5.80. The van der Waals surface area contributed by atoms with Gasteiger partial charge in [-0.3, -0.25) is 0 Å². The van der Waals surface area contributed by atoms with Crippen LogP contribution < -0.4 is 4.90 Å². The summed E-state index contributed by atoms with van der Waals surface area (Å²) in [6, 6.07) is 12.4. The van der Waals surface area contributed by atoms with E-state index in [0.717, 1.165) is 24.2 Å². The van der Waals surface area contributed by atoms with Crippen molar-refractivity contribution in [3.63, 3.8) is 0 Å². The molecule has 2 heterocycles. The second-order valence-electron chi connectivity index (χ2n) is 5.38. The van der Waals surface area contributed by atoms with Crippen molar-refractivity contribution >= 4 is 16.8 Å². The summed E-state index contributed by atoms with van der Waals surface area (Å²) in [7, 11) is 0. The van der Waals surface area contributed by atoms with Crippen molar-refractivity contribution in [3.05, 3.63) is 48.3 Å². The number of oxazole rings is 1. The van der Waals surface area contributed by atoms with Crippen LogP contribution in [-0.2, 0) is 0 Å². The Morgan fingerprint density at radius 3 is 2.71 bits per heavy atom. The zero-order chi connectivity index (χ0) is 14.2. The monoisotopic (exact) mass is 282 g/mol. The van der Waals surface area contributed by atoms with Crippen LogP contribution in [0.4, 0.5) is 10.1 Å². The van der Waals surface area contributed by atoms with Crippen LogP contribution in [0.15, 0.2) is 46.9 Å². The summed E-state index contributed by atoms with van der Waals surface area (Å²) in [5.41, 5.74) is 3.38. The van der Waals surface area contributed by atoms with Gasteiger partial charge < -0.3 is 9.32 Å². The zero-order valence-electron chi connectivity index (χ0n) is 11.6. The van der Waals surface area contributed by atoms with Gasteiger partial charge >= 0.3 is 0 Å². The van der Waals surface area contributed by atoms with Gasteiger partial charge in [0.25, 0.3) is 0 Å². The number of aromatic nitrogens is 1. The molecule has 1 saturated heterocycles. The van der Waals surface area contributed by atoms with Gasteiger partial charge in [-0.15, -0.1) is 0 Å². The molecule has 0 N–H and O–H groups in total. The first-order valence-electron chi connectivity index (χ1n) is 7.21. The van der Waals surface area contributed by atoms with E-state index in [0.29, 0.717) is 11.5 Å². The molecule has 0 atom stereocenters. The highest BCUT2D eigenvalue weighted by Gasteiger charge is 2.15. The SMILES string of the molecule is Fc1cccc(-c2nc3ccc(N4CCCC4)cc3o2)c1. The Morgan fingerprint density at radius 2 is 1.90 bits per heavy atom. The molecule has 0 saturated carbocycles. The van der Waals surface area contributed by atoms with Gasteiger partial charge in [0.15, 0.2) is 5.58 Å². The fraction of sp³-hybridized carbons (Fsp3) is 0.235. The first kappa shape index (κ1) is 12.4. The second-order valence-corrected chi connectivity index (χ2v) is 5.38. The molecule has 0 amide bonds. The first-order valence-corrected chi connectivity index (χ1v) is 7.21. The maximum absolute atomic E-state index is 13.3. The van der Waals surface area contributed by atoms with E-state index in [1.807, 2.05) is 12.1 Å². The summed E-state index contributed by atoms with van der Waals surface area (Å²) < 4.78 is 19.1. The molecule has 21 heavy (non-hydrogen) atoms. The molecule has 106 valence electrons. The van der Waals surface area contributed by atoms with Crippen LogP contribution in [-0.4, -0.2) is 18.1 Å². The van der Waals surface area contributed by atoms with Crippen molar-refractivity contribution < 1.29 is 8.81 Å². The van der Waals surface area contributed by atoms with Crippen LogP contribution in [0.1, 0.15) is 12.8 Å². The Kier molecular flexibility index (Phi) is 2.88. The summed E-state index contributed by atoms with van der Waals surface area (Å²) in [5.74, 6) is 0.176. The molecule has 3 nitrogen and oxygen atoms in total.